The fourth-order valence-corrected chi connectivity index (χ4v) is 6.48. The first kappa shape index (κ1) is 32.9. The van der Waals surface area contributed by atoms with Crippen LogP contribution in [0.3, 0.4) is 0 Å². The maximum absolute atomic E-state index is 13.8. The van der Waals surface area contributed by atoms with E-state index in [1.807, 2.05) is 0 Å². The number of nitrogens with one attached hydrogen (secondary N) is 1. The maximum atomic E-state index is 13.8. The van der Waals surface area contributed by atoms with Gasteiger partial charge < -0.3 is 55.3 Å². The smallest absolute Gasteiger partial charge is 0.325 e. The predicted octanol–water partition coefficient (Wildman–Crippen LogP) is 1.34. The van der Waals surface area contributed by atoms with E-state index in [1.165, 1.54) is 40.0 Å². The molecule has 15 heteroatoms. The lowest BCUT2D eigenvalue weighted by atomic mass is 9.74. The van der Waals surface area contributed by atoms with Crippen molar-refractivity contribution in [1.82, 2.24) is 5.32 Å². The molecule has 0 unspecified atom stereocenters. The molecule has 1 fully saturated rings. The summed E-state index contributed by atoms with van der Waals surface area (Å²) in [6.45, 7) is 4.10. The lowest BCUT2D eigenvalue weighted by molar-refractivity contribution is -0.211. The van der Waals surface area contributed by atoms with Gasteiger partial charge in [-0.05, 0) is 49.6 Å². The molecule has 2 aliphatic carbocycles. The van der Waals surface area contributed by atoms with Gasteiger partial charge in [0.25, 0.3) is 5.91 Å². The van der Waals surface area contributed by atoms with Crippen LogP contribution in [-0.2, 0) is 14.3 Å². The van der Waals surface area contributed by atoms with Crippen molar-refractivity contribution in [1.29, 1.82) is 0 Å². The molecule has 0 aromatic heterocycles. The molecule has 3 aliphatic rings. The quantitative estimate of drug-likeness (QED) is 0.145. The molecule has 1 aliphatic heterocycles. The molecule has 252 valence electrons. The van der Waals surface area contributed by atoms with Crippen LogP contribution in [0.15, 0.2) is 24.3 Å². The number of hydrogen-bond acceptors (Lipinski definition) is 13. The second-order valence-corrected chi connectivity index (χ2v) is 11.9. The number of aliphatic hydroxyl groups excluding tert-OH is 3. The van der Waals surface area contributed by atoms with Crippen LogP contribution in [0.2, 0.25) is 0 Å². The number of phenolic OH excluding ortho intramolecular Hbond substituents is 3. The highest BCUT2D eigenvalue weighted by molar-refractivity contribution is 6.31. The number of carbonyl (C=O) groups is 4. The van der Waals surface area contributed by atoms with Crippen LogP contribution in [0, 0.1) is 6.92 Å². The first-order valence-corrected chi connectivity index (χ1v) is 14.7. The molecular formula is C33H31NO14. The molecule has 1 amide bonds. The van der Waals surface area contributed by atoms with Crippen molar-refractivity contribution in [3.8, 4) is 34.1 Å². The summed E-state index contributed by atoms with van der Waals surface area (Å²) in [5, 5.41) is 78.3. The summed E-state index contributed by atoms with van der Waals surface area (Å²) in [4.78, 5) is 52.3. The van der Waals surface area contributed by atoms with Crippen LogP contribution >= 0.6 is 0 Å². The number of carboxylic acid groups (broad SMARTS) is 1. The van der Waals surface area contributed by atoms with Crippen LogP contribution in [-0.4, -0.2) is 96.9 Å². The minimum absolute atomic E-state index is 0.0396. The summed E-state index contributed by atoms with van der Waals surface area (Å²) in [6, 6.07) is 3.39. The van der Waals surface area contributed by atoms with Crippen LogP contribution < -0.4 is 10.1 Å². The highest BCUT2D eigenvalue weighted by Crippen LogP contribution is 2.57. The number of phenols is 3. The number of ketones is 2. The summed E-state index contributed by atoms with van der Waals surface area (Å²) in [5.41, 5.74) is -2.81. The molecule has 7 atom stereocenters. The molecule has 3 aromatic carbocycles. The van der Waals surface area contributed by atoms with Crippen molar-refractivity contribution < 1.29 is 69.1 Å². The van der Waals surface area contributed by atoms with Crippen molar-refractivity contribution in [3.05, 3.63) is 68.8 Å². The Labute approximate surface area is 271 Å². The fourth-order valence-electron chi connectivity index (χ4n) is 6.48. The first-order chi connectivity index (χ1) is 22.6. The van der Waals surface area contributed by atoms with Gasteiger partial charge in [-0.1, -0.05) is 6.07 Å². The maximum Gasteiger partial charge on any atom is 0.325 e. The standard InChI is InChI=1S/C33H31NO14/c1-9-5-16-21(27(40)18(9)31(43)34-10(2)32(44)45)20-14(26(39)30(16)48-33-29(42)23(36)11(3)47-33)8-15-22(28(20)41)25(38)13-6-12(46-4)7-17(35)19(13)24(15)37/h5-8,10-11,23,26,29-30,33,35-36,39-42H,1-4H3,(H,34,43)(H,44,45)/t10-,11+,23-,26+,29+,30+,33+/m1/s1. The lowest BCUT2D eigenvalue weighted by Gasteiger charge is -2.36. The zero-order valence-corrected chi connectivity index (χ0v) is 25.8. The van der Waals surface area contributed by atoms with E-state index in [0.29, 0.717) is 0 Å². The lowest BCUT2D eigenvalue weighted by Crippen LogP contribution is -2.39. The van der Waals surface area contributed by atoms with Gasteiger partial charge in [-0.2, -0.15) is 0 Å². The zero-order valence-electron chi connectivity index (χ0n) is 25.8. The van der Waals surface area contributed by atoms with Gasteiger partial charge in [0, 0.05) is 28.3 Å². The van der Waals surface area contributed by atoms with Gasteiger partial charge >= 0.3 is 5.97 Å². The monoisotopic (exact) mass is 665 g/mol. The van der Waals surface area contributed by atoms with Gasteiger partial charge in [0.1, 0.15) is 53.5 Å². The molecule has 0 spiro atoms. The number of benzene rings is 3. The second kappa shape index (κ2) is 11.6. The molecule has 0 radical (unpaired) electrons. The second-order valence-electron chi connectivity index (χ2n) is 11.9. The minimum Gasteiger partial charge on any atom is -0.507 e. The summed E-state index contributed by atoms with van der Waals surface area (Å²) in [7, 11) is 1.28. The van der Waals surface area contributed by atoms with Crippen LogP contribution in [0.1, 0.15) is 84.9 Å². The molecule has 0 bridgehead atoms. The Kier molecular flexibility index (Phi) is 7.92. The minimum atomic E-state index is -1.77. The van der Waals surface area contributed by atoms with Gasteiger partial charge in [0.15, 0.2) is 17.9 Å². The Bertz CT molecular complexity index is 1940. The number of carboxylic acids is 1. The third-order valence-corrected chi connectivity index (χ3v) is 8.98. The van der Waals surface area contributed by atoms with Crippen LogP contribution in [0.4, 0.5) is 0 Å². The molecule has 0 saturated carbocycles. The average Bonchev–Trinajstić information content (AvgIpc) is 3.27. The van der Waals surface area contributed by atoms with E-state index in [4.69, 9.17) is 14.2 Å². The largest absolute Gasteiger partial charge is 0.507 e. The molecule has 1 saturated heterocycles. The van der Waals surface area contributed by atoms with Crippen molar-refractivity contribution >= 4 is 23.4 Å². The Balaban J connectivity index is 1.60. The number of aliphatic carboxylic acids is 1. The number of aliphatic hydroxyl groups is 3. The Morgan fingerprint density at radius 3 is 2.10 bits per heavy atom. The fraction of sp³-hybridized carbons (Fsp3) is 0.333. The molecule has 15 nitrogen and oxygen atoms in total. The van der Waals surface area contributed by atoms with Crippen molar-refractivity contribution in [2.75, 3.05) is 7.11 Å². The van der Waals surface area contributed by atoms with Crippen LogP contribution in [0.5, 0.6) is 23.0 Å². The highest BCUT2D eigenvalue weighted by atomic mass is 16.7. The van der Waals surface area contributed by atoms with E-state index in [-0.39, 0.29) is 44.7 Å². The third-order valence-electron chi connectivity index (χ3n) is 8.98. The van der Waals surface area contributed by atoms with Gasteiger partial charge in [0.05, 0.1) is 29.9 Å². The topological polar surface area (TPSA) is 250 Å². The van der Waals surface area contributed by atoms with E-state index >= 15 is 0 Å². The van der Waals surface area contributed by atoms with Gasteiger partial charge in [-0.3, -0.25) is 19.2 Å². The number of methoxy groups -OCH3 is 1. The number of carbonyl (C=O) groups excluding carboxylic acids is 3. The van der Waals surface area contributed by atoms with E-state index in [1.54, 1.807) is 0 Å². The normalized spacial score (nSPS) is 24.6. The Morgan fingerprint density at radius 2 is 1.50 bits per heavy atom. The number of ether oxygens (including phenoxy) is 3. The average molecular weight is 666 g/mol. The van der Waals surface area contributed by atoms with E-state index < -0.39 is 100 Å². The predicted molar refractivity (Wildman–Crippen MR) is 161 cm³/mol. The molecule has 48 heavy (non-hydrogen) atoms. The molecular weight excluding hydrogens is 634 g/mol. The third kappa shape index (κ3) is 4.78. The SMILES string of the molecule is COc1cc(O)c2c(c1)C(=O)c1c(cc3c(c1O)-c1c(cc(C)c(C(=O)N[C@H](C)C(=O)O)c1O)[C@H](O[C@@H]1O[C@@H](C)[C@@H](O)[C@@H]1O)[C@H]3O)C2=O. The summed E-state index contributed by atoms with van der Waals surface area (Å²) in [5.74, 6) is -6.29. The molecule has 3 aromatic rings. The number of rotatable bonds is 6. The Morgan fingerprint density at radius 1 is 0.875 bits per heavy atom. The zero-order chi connectivity index (χ0) is 35.1. The number of amides is 1. The molecule has 1 heterocycles. The first-order valence-electron chi connectivity index (χ1n) is 14.7. The molecule has 6 rings (SSSR count). The van der Waals surface area contributed by atoms with E-state index in [0.717, 1.165) is 12.1 Å². The van der Waals surface area contributed by atoms with Gasteiger partial charge in [-0.25, -0.2) is 0 Å². The van der Waals surface area contributed by atoms with Crippen molar-refractivity contribution in [2.45, 2.75) is 63.6 Å². The number of fused-ring (bicyclic) bond motifs is 5. The van der Waals surface area contributed by atoms with Crippen LogP contribution in [0.25, 0.3) is 11.1 Å². The Hall–Kier alpha value is -5.06. The van der Waals surface area contributed by atoms with Gasteiger partial charge in [-0.15, -0.1) is 0 Å². The molecule has 8 N–H and O–H groups in total. The highest BCUT2D eigenvalue weighted by Gasteiger charge is 2.48. The number of aryl methyl sites for hydroxylation is 1. The van der Waals surface area contributed by atoms with Crippen molar-refractivity contribution in [2.24, 2.45) is 0 Å². The summed E-state index contributed by atoms with van der Waals surface area (Å²) < 4.78 is 16.6. The summed E-state index contributed by atoms with van der Waals surface area (Å²) >= 11 is 0. The van der Waals surface area contributed by atoms with Gasteiger partial charge in [0.2, 0.25) is 0 Å². The number of hydrogen-bond donors (Lipinski definition) is 8. The van der Waals surface area contributed by atoms with Crippen molar-refractivity contribution in [3.63, 3.8) is 0 Å². The number of aromatic hydroxyl groups is 3. The van der Waals surface area contributed by atoms with E-state index in [2.05, 4.69) is 5.32 Å². The summed E-state index contributed by atoms with van der Waals surface area (Å²) in [6.07, 6.45) is -8.60. The van der Waals surface area contributed by atoms with E-state index in [9.17, 15) is 54.9 Å².